The molecule has 0 aromatic heterocycles. The molecule has 13 heavy (non-hydrogen) atoms. The summed E-state index contributed by atoms with van der Waals surface area (Å²) in [5, 5.41) is 2.16. The lowest BCUT2D eigenvalue weighted by molar-refractivity contribution is -0.158. The van der Waals surface area contributed by atoms with Crippen LogP contribution in [0.3, 0.4) is 0 Å². The number of β-lactam (4-membered cyclic amide) rings is 1. The van der Waals surface area contributed by atoms with Gasteiger partial charge in [-0.15, -0.1) is 0 Å². The van der Waals surface area contributed by atoms with Gasteiger partial charge < -0.3 is 15.0 Å². The number of rotatable bonds is 5. The average molecular weight is 186 g/mol. The highest BCUT2D eigenvalue weighted by atomic mass is 16.5. The van der Waals surface area contributed by atoms with Crippen LogP contribution in [0.25, 0.3) is 0 Å². The van der Waals surface area contributed by atoms with Gasteiger partial charge in [0.25, 0.3) is 0 Å². The molecular formula is C7H10N2O4. The van der Waals surface area contributed by atoms with Crippen LogP contribution in [0.15, 0.2) is 0 Å². The van der Waals surface area contributed by atoms with E-state index in [0.717, 1.165) is 0 Å². The van der Waals surface area contributed by atoms with E-state index in [-0.39, 0.29) is 19.2 Å². The third kappa shape index (κ3) is 2.73. The number of nitrogens with zero attached hydrogens (tertiary/aromatic N) is 1. The standard InChI is InChI=1S/C7H10N2O4/c10-4-8-3-7(12)13-5-9-2-1-6(9)11/h4H,1-3,5H2,(H,8,10). The Labute approximate surface area is 74.8 Å². The van der Waals surface area contributed by atoms with Crippen LogP contribution < -0.4 is 5.32 Å². The summed E-state index contributed by atoms with van der Waals surface area (Å²) in [5.74, 6) is -0.567. The minimum Gasteiger partial charge on any atom is -0.443 e. The molecule has 0 spiro atoms. The van der Waals surface area contributed by atoms with Crippen LogP contribution in [0.2, 0.25) is 0 Å². The van der Waals surface area contributed by atoms with Crippen molar-refractivity contribution in [1.82, 2.24) is 10.2 Å². The molecule has 0 aromatic rings. The Morgan fingerprint density at radius 1 is 1.69 bits per heavy atom. The Hall–Kier alpha value is -1.59. The molecular weight excluding hydrogens is 176 g/mol. The molecule has 6 heteroatoms. The van der Waals surface area contributed by atoms with Crippen LogP contribution in [0, 0.1) is 0 Å². The first-order valence-electron chi connectivity index (χ1n) is 3.84. The summed E-state index contributed by atoms with van der Waals surface area (Å²) >= 11 is 0. The van der Waals surface area contributed by atoms with E-state index in [1.807, 2.05) is 0 Å². The summed E-state index contributed by atoms with van der Waals surface area (Å²) in [7, 11) is 0. The van der Waals surface area contributed by atoms with Gasteiger partial charge in [-0.3, -0.25) is 14.4 Å². The van der Waals surface area contributed by atoms with Crippen molar-refractivity contribution in [3.8, 4) is 0 Å². The smallest absolute Gasteiger partial charge is 0.327 e. The van der Waals surface area contributed by atoms with Crippen LogP contribution in [-0.2, 0) is 19.1 Å². The predicted octanol–water partition coefficient (Wildman–Crippen LogP) is -1.53. The summed E-state index contributed by atoms with van der Waals surface area (Å²) < 4.78 is 4.66. The van der Waals surface area contributed by atoms with Gasteiger partial charge in [0.1, 0.15) is 6.54 Å². The van der Waals surface area contributed by atoms with Crippen LogP contribution in [0.5, 0.6) is 0 Å². The largest absolute Gasteiger partial charge is 0.443 e. The van der Waals surface area contributed by atoms with E-state index in [1.54, 1.807) is 0 Å². The van der Waals surface area contributed by atoms with Crippen molar-refractivity contribution in [2.24, 2.45) is 0 Å². The third-order valence-electron chi connectivity index (χ3n) is 1.66. The second kappa shape index (κ2) is 4.44. The fourth-order valence-corrected chi connectivity index (χ4v) is 0.824. The van der Waals surface area contributed by atoms with Crippen molar-refractivity contribution in [3.05, 3.63) is 0 Å². The van der Waals surface area contributed by atoms with E-state index in [1.165, 1.54) is 4.90 Å². The molecule has 1 heterocycles. The normalized spacial score (nSPS) is 14.8. The number of hydrogen-bond acceptors (Lipinski definition) is 4. The Morgan fingerprint density at radius 3 is 2.92 bits per heavy atom. The molecule has 1 aliphatic heterocycles. The fourth-order valence-electron chi connectivity index (χ4n) is 0.824. The minimum atomic E-state index is -0.549. The van der Waals surface area contributed by atoms with Gasteiger partial charge in [-0.25, -0.2) is 0 Å². The predicted molar refractivity (Wildman–Crippen MR) is 41.4 cm³/mol. The fraction of sp³-hybridized carbons (Fsp3) is 0.571. The maximum absolute atomic E-state index is 10.8. The van der Waals surface area contributed by atoms with Crippen LogP contribution in [0.4, 0.5) is 0 Å². The summed E-state index contributed by atoms with van der Waals surface area (Å²) in [4.78, 5) is 32.7. The molecule has 2 amide bonds. The summed E-state index contributed by atoms with van der Waals surface area (Å²) in [5.41, 5.74) is 0. The highest BCUT2D eigenvalue weighted by molar-refractivity contribution is 5.81. The Balaban J connectivity index is 2.07. The molecule has 1 rings (SSSR count). The molecule has 0 aliphatic carbocycles. The lowest BCUT2D eigenvalue weighted by Gasteiger charge is -2.29. The third-order valence-corrected chi connectivity index (χ3v) is 1.66. The molecule has 1 fully saturated rings. The highest BCUT2D eigenvalue weighted by Gasteiger charge is 2.24. The van der Waals surface area contributed by atoms with Gasteiger partial charge >= 0.3 is 5.97 Å². The minimum absolute atomic E-state index is 0.0157. The number of amides is 2. The number of ether oxygens (including phenoxy) is 1. The summed E-state index contributed by atoms with van der Waals surface area (Å²) in [6.45, 7) is 0.455. The van der Waals surface area contributed by atoms with Gasteiger partial charge in [-0.1, -0.05) is 0 Å². The molecule has 1 aliphatic rings. The molecule has 6 nitrogen and oxygen atoms in total. The quantitative estimate of drug-likeness (QED) is 0.321. The van der Waals surface area contributed by atoms with Crippen molar-refractivity contribution in [1.29, 1.82) is 0 Å². The molecule has 0 radical (unpaired) electrons. The first-order chi connectivity index (χ1) is 6.24. The Kier molecular flexibility index (Phi) is 3.24. The first kappa shape index (κ1) is 9.50. The molecule has 0 aromatic carbocycles. The van der Waals surface area contributed by atoms with Crippen molar-refractivity contribution in [2.75, 3.05) is 19.8 Å². The Morgan fingerprint density at radius 2 is 2.46 bits per heavy atom. The van der Waals surface area contributed by atoms with E-state index in [0.29, 0.717) is 19.4 Å². The maximum atomic E-state index is 10.8. The zero-order valence-electron chi connectivity index (χ0n) is 6.99. The van der Waals surface area contributed by atoms with Crippen LogP contribution >= 0.6 is 0 Å². The molecule has 1 N–H and O–H groups in total. The number of esters is 1. The maximum Gasteiger partial charge on any atom is 0.327 e. The van der Waals surface area contributed by atoms with Gasteiger partial charge in [0.15, 0.2) is 6.73 Å². The lowest BCUT2D eigenvalue weighted by atomic mass is 10.2. The van der Waals surface area contributed by atoms with E-state index in [9.17, 15) is 14.4 Å². The van der Waals surface area contributed by atoms with E-state index >= 15 is 0 Å². The average Bonchev–Trinajstić information content (AvgIpc) is 2.12. The van der Waals surface area contributed by atoms with Crippen molar-refractivity contribution in [2.45, 2.75) is 6.42 Å². The van der Waals surface area contributed by atoms with Gasteiger partial charge in [-0.2, -0.15) is 0 Å². The monoisotopic (exact) mass is 186 g/mol. The van der Waals surface area contributed by atoms with Gasteiger partial charge in [0.2, 0.25) is 12.3 Å². The number of hydrogen-bond donors (Lipinski definition) is 1. The molecule has 0 bridgehead atoms. The van der Waals surface area contributed by atoms with E-state index < -0.39 is 5.97 Å². The zero-order chi connectivity index (χ0) is 9.68. The molecule has 0 saturated carbocycles. The summed E-state index contributed by atoms with van der Waals surface area (Å²) in [6.07, 6.45) is 0.931. The molecule has 0 atom stereocenters. The van der Waals surface area contributed by atoms with E-state index in [2.05, 4.69) is 10.1 Å². The SMILES string of the molecule is O=CNCC(=O)OCN1CCC1=O. The van der Waals surface area contributed by atoms with E-state index in [4.69, 9.17) is 0 Å². The molecule has 72 valence electrons. The van der Waals surface area contributed by atoms with Crippen molar-refractivity contribution in [3.63, 3.8) is 0 Å². The van der Waals surface area contributed by atoms with Crippen LogP contribution in [0.1, 0.15) is 6.42 Å². The number of carbonyl (C=O) groups is 3. The van der Waals surface area contributed by atoms with Crippen LogP contribution in [-0.4, -0.2) is 43.0 Å². The second-order valence-electron chi connectivity index (χ2n) is 2.55. The first-order valence-corrected chi connectivity index (χ1v) is 3.84. The summed E-state index contributed by atoms with van der Waals surface area (Å²) in [6, 6.07) is 0. The zero-order valence-corrected chi connectivity index (χ0v) is 6.99. The second-order valence-corrected chi connectivity index (χ2v) is 2.55. The van der Waals surface area contributed by atoms with Gasteiger partial charge in [0, 0.05) is 13.0 Å². The number of nitrogens with one attached hydrogen (secondary N) is 1. The number of likely N-dealkylation sites (tertiary alicyclic amines) is 1. The van der Waals surface area contributed by atoms with Gasteiger partial charge in [-0.05, 0) is 0 Å². The van der Waals surface area contributed by atoms with Crippen molar-refractivity contribution < 1.29 is 19.1 Å². The Bertz CT molecular complexity index is 229. The molecule has 0 unspecified atom stereocenters. The van der Waals surface area contributed by atoms with Gasteiger partial charge in [0.05, 0.1) is 0 Å². The topological polar surface area (TPSA) is 75.7 Å². The number of carbonyl (C=O) groups excluding carboxylic acids is 3. The van der Waals surface area contributed by atoms with Crippen molar-refractivity contribution >= 4 is 18.3 Å². The molecule has 1 saturated heterocycles. The highest BCUT2D eigenvalue weighted by Crippen LogP contribution is 2.06. The lowest BCUT2D eigenvalue weighted by Crippen LogP contribution is -2.45.